The van der Waals surface area contributed by atoms with Gasteiger partial charge < -0.3 is 19.3 Å². The summed E-state index contributed by atoms with van der Waals surface area (Å²) < 4.78 is 17.3. The van der Waals surface area contributed by atoms with E-state index in [1.165, 1.54) is 13.3 Å². The SMILES string of the molecule is COCCO[C@H]1C(O)[C@@H](CN=[N+]=[N-])O[C@H]1n1cc(C)c(=O)[nH]c1=O. The highest BCUT2D eigenvalue weighted by Crippen LogP contribution is 2.31. The van der Waals surface area contributed by atoms with Crippen molar-refractivity contribution in [3.63, 3.8) is 0 Å². The van der Waals surface area contributed by atoms with E-state index in [1.54, 1.807) is 6.92 Å². The van der Waals surface area contributed by atoms with Crippen LogP contribution in [0, 0.1) is 6.92 Å². The first-order valence-electron chi connectivity index (χ1n) is 7.26. The van der Waals surface area contributed by atoms with Crippen LogP contribution in [0.15, 0.2) is 20.9 Å². The number of aryl methyl sites for hydroxylation is 1. The Bertz CT molecular complexity index is 724. The summed E-state index contributed by atoms with van der Waals surface area (Å²) in [5.41, 5.74) is 7.54. The predicted molar refractivity (Wildman–Crippen MR) is 81.6 cm³/mol. The Hall–Kier alpha value is -2.17. The first-order valence-corrected chi connectivity index (χ1v) is 7.26. The number of aromatic nitrogens is 2. The van der Waals surface area contributed by atoms with Gasteiger partial charge in [0.05, 0.1) is 25.9 Å². The molecule has 0 aliphatic carbocycles. The molecule has 0 radical (unpaired) electrons. The van der Waals surface area contributed by atoms with Crippen LogP contribution in [0.25, 0.3) is 10.4 Å². The highest BCUT2D eigenvalue weighted by Gasteiger charge is 2.45. The molecule has 0 amide bonds. The number of hydrogen-bond acceptors (Lipinski definition) is 7. The molecule has 0 bridgehead atoms. The van der Waals surface area contributed by atoms with Gasteiger partial charge in [0.1, 0.15) is 12.2 Å². The lowest BCUT2D eigenvalue weighted by molar-refractivity contribution is -0.0793. The number of nitrogens with one attached hydrogen (secondary N) is 1. The summed E-state index contributed by atoms with van der Waals surface area (Å²) in [6.07, 6.45) is -2.48. The zero-order valence-corrected chi connectivity index (χ0v) is 13.3. The zero-order valence-electron chi connectivity index (χ0n) is 13.3. The second-order valence-electron chi connectivity index (χ2n) is 5.28. The minimum atomic E-state index is -1.11. The van der Waals surface area contributed by atoms with Crippen molar-refractivity contribution in [3.05, 3.63) is 43.0 Å². The minimum absolute atomic E-state index is 0.116. The summed E-state index contributed by atoms with van der Waals surface area (Å²) in [6.45, 7) is 1.88. The van der Waals surface area contributed by atoms with Crippen LogP contribution in [-0.2, 0) is 14.2 Å². The quantitative estimate of drug-likeness (QED) is 0.294. The second-order valence-corrected chi connectivity index (χ2v) is 5.28. The molecule has 2 rings (SSSR count). The molecule has 1 saturated heterocycles. The van der Waals surface area contributed by atoms with Crippen LogP contribution >= 0.6 is 0 Å². The van der Waals surface area contributed by atoms with Gasteiger partial charge in [0.15, 0.2) is 6.23 Å². The Morgan fingerprint density at radius 2 is 2.25 bits per heavy atom. The van der Waals surface area contributed by atoms with E-state index in [-0.39, 0.29) is 19.8 Å². The number of hydrogen-bond donors (Lipinski definition) is 2. The molecule has 11 heteroatoms. The third kappa shape index (κ3) is 3.83. The van der Waals surface area contributed by atoms with Gasteiger partial charge in [0.25, 0.3) is 5.56 Å². The third-order valence-electron chi connectivity index (χ3n) is 3.66. The summed E-state index contributed by atoms with van der Waals surface area (Å²) >= 11 is 0. The van der Waals surface area contributed by atoms with E-state index in [4.69, 9.17) is 19.7 Å². The third-order valence-corrected chi connectivity index (χ3v) is 3.66. The van der Waals surface area contributed by atoms with Gasteiger partial charge in [-0.05, 0) is 12.5 Å². The first kappa shape index (κ1) is 18.2. The first-order chi connectivity index (χ1) is 11.5. The van der Waals surface area contributed by atoms with Crippen molar-refractivity contribution in [1.82, 2.24) is 9.55 Å². The Morgan fingerprint density at radius 1 is 1.50 bits per heavy atom. The van der Waals surface area contributed by atoms with Gasteiger partial charge in [-0.15, -0.1) is 0 Å². The van der Waals surface area contributed by atoms with Gasteiger partial charge in [-0.3, -0.25) is 14.3 Å². The maximum absolute atomic E-state index is 12.1. The van der Waals surface area contributed by atoms with E-state index >= 15 is 0 Å². The smallest absolute Gasteiger partial charge is 0.330 e. The molecule has 0 saturated carbocycles. The van der Waals surface area contributed by atoms with E-state index in [1.807, 2.05) is 0 Å². The highest BCUT2D eigenvalue weighted by atomic mass is 16.6. The van der Waals surface area contributed by atoms with Crippen molar-refractivity contribution in [2.24, 2.45) is 5.11 Å². The van der Waals surface area contributed by atoms with Crippen molar-refractivity contribution < 1.29 is 19.3 Å². The Balaban J connectivity index is 2.32. The average molecular weight is 341 g/mol. The number of ether oxygens (including phenoxy) is 3. The fraction of sp³-hybridized carbons (Fsp3) is 0.692. The number of azide groups is 1. The molecule has 24 heavy (non-hydrogen) atoms. The van der Waals surface area contributed by atoms with Crippen molar-refractivity contribution in [2.75, 3.05) is 26.9 Å². The summed E-state index contributed by atoms with van der Waals surface area (Å²) in [5, 5.41) is 13.7. The van der Waals surface area contributed by atoms with Crippen LogP contribution in [0.3, 0.4) is 0 Å². The van der Waals surface area contributed by atoms with E-state index in [9.17, 15) is 14.7 Å². The van der Waals surface area contributed by atoms with Gasteiger partial charge in [-0.2, -0.15) is 0 Å². The van der Waals surface area contributed by atoms with E-state index in [2.05, 4.69) is 15.0 Å². The van der Waals surface area contributed by atoms with Gasteiger partial charge in [-0.25, -0.2) is 4.79 Å². The van der Waals surface area contributed by atoms with Gasteiger partial charge in [0.2, 0.25) is 0 Å². The number of rotatable bonds is 7. The molecule has 2 heterocycles. The maximum Gasteiger partial charge on any atom is 0.330 e. The van der Waals surface area contributed by atoms with Crippen molar-refractivity contribution in [3.8, 4) is 0 Å². The number of nitrogens with zero attached hydrogens (tertiary/aromatic N) is 4. The van der Waals surface area contributed by atoms with Gasteiger partial charge in [-0.1, -0.05) is 5.11 Å². The molecule has 1 fully saturated rings. The number of aliphatic hydroxyl groups is 1. The molecule has 132 valence electrons. The lowest BCUT2D eigenvalue weighted by Crippen LogP contribution is -2.40. The summed E-state index contributed by atoms with van der Waals surface area (Å²) in [5.74, 6) is 0. The molecule has 0 aromatic carbocycles. The Kier molecular flexibility index (Phi) is 6.12. The molecule has 11 nitrogen and oxygen atoms in total. The summed E-state index contributed by atoms with van der Waals surface area (Å²) in [6, 6.07) is 0. The fourth-order valence-corrected chi connectivity index (χ4v) is 2.43. The largest absolute Gasteiger partial charge is 0.388 e. The molecule has 1 unspecified atom stereocenters. The number of methoxy groups -OCH3 is 1. The normalized spacial score (nSPS) is 26.3. The molecular formula is C13H19N5O6. The predicted octanol–water partition coefficient (Wildman–Crippen LogP) is -0.555. The molecule has 2 N–H and O–H groups in total. The molecule has 1 aliphatic rings. The minimum Gasteiger partial charge on any atom is -0.388 e. The molecule has 4 atom stereocenters. The summed E-state index contributed by atoms with van der Waals surface area (Å²) in [4.78, 5) is 28.4. The lowest BCUT2D eigenvalue weighted by Gasteiger charge is -2.22. The van der Waals surface area contributed by atoms with Crippen LogP contribution in [-0.4, -0.2) is 59.8 Å². The van der Waals surface area contributed by atoms with E-state index in [0.29, 0.717) is 5.56 Å². The lowest BCUT2D eigenvalue weighted by atomic mass is 10.1. The van der Waals surface area contributed by atoms with Crippen LogP contribution in [0.2, 0.25) is 0 Å². The Morgan fingerprint density at radius 3 is 2.92 bits per heavy atom. The van der Waals surface area contributed by atoms with Crippen molar-refractivity contribution in [2.45, 2.75) is 31.5 Å². The molecular weight excluding hydrogens is 322 g/mol. The van der Waals surface area contributed by atoms with E-state index in [0.717, 1.165) is 4.57 Å². The summed E-state index contributed by atoms with van der Waals surface area (Å²) in [7, 11) is 1.50. The Labute approximate surface area is 136 Å². The zero-order chi connectivity index (χ0) is 17.7. The van der Waals surface area contributed by atoms with Gasteiger partial charge in [0, 0.05) is 23.8 Å². The fourth-order valence-electron chi connectivity index (χ4n) is 2.43. The van der Waals surface area contributed by atoms with Crippen LogP contribution < -0.4 is 11.2 Å². The maximum atomic E-state index is 12.1. The molecule has 1 aromatic rings. The number of aliphatic hydroxyl groups excluding tert-OH is 1. The van der Waals surface area contributed by atoms with Crippen LogP contribution in [0.1, 0.15) is 11.8 Å². The number of H-pyrrole nitrogens is 1. The van der Waals surface area contributed by atoms with Crippen molar-refractivity contribution in [1.29, 1.82) is 0 Å². The molecule has 0 spiro atoms. The molecule has 1 aliphatic heterocycles. The van der Waals surface area contributed by atoms with Crippen LogP contribution in [0.4, 0.5) is 0 Å². The van der Waals surface area contributed by atoms with E-state index < -0.39 is 35.8 Å². The molecule has 1 aromatic heterocycles. The standard InChI is InChI=1S/C13H19N5O6/c1-7-6-18(13(21)16-11(7)20)12-10(23-4-3-22-2)9(19)8(24-12)5-15-17-14/h6,8-10,12,19H,3-5H2,1-2H3,(H,16,20,21)/t8-,9?,10+,12-/m1/s1. The van der Waals surface area contributed by atoms with Crippen LogP contribution in [0.5, 0.6) is 0 Å². The van der Waals surface area contributed by atoms with Crippen molar-refractivity contribution >= 4 is 0 Å². The van der Waals surface area contributed by atoms with Gasteiger partial charge >= 0.3 is 5.69 Å². The topological polar surface area (TPSA) is 152 Å². The second kappa shape index (κ2) is 8.08. The average Bonchev–Trinajstić information content (AvgIpc) is 2.85. The highest BCUT2D eigenvalue weighted by molar-refractivity contribution is 5.03. The number of aromatic amines is 1. The monoisotopic (exact) mass is 341 g/mol.